The quantitative estimate of drug-likeness (QED) is 0.702. The Morgan fingerprint density at radius 2 is 2.08 bits per heavy atom. The molecule has 0 saturated heterocycles. The van der Waals surface area contributed by atoms with E-state index in [1.807, 2.05) is 23.6 Å². The first-order valence-corrected chi connectivity index (χ1v) is 8.96. The van der Waals surface area contributed by atoms with Crippen LogP contribution in [0.2, 0.25) is 0 Å². The monoisotopic (exact) mass is 339 g/mol. The van der Waals surface area contributed by atoms with E-state index in [2.05, 4.69) is 29.0 Å². The van der Waals surface area contributed by atoms with E-state index in [1.54, 1.807) is 11.3 Å². The summed E-state index contributed by atoms with van der Waals surface area (Å²) in [6, 6.07) is 5.74. The smallest absolute Gasteiger partial charge is 0.258 e. The van der Waals surface area contributed by atoms with E-state index in [1.165, 1.54) is 0 Å². The number of hydrogen-bond acceptors (Lipinski definition) is 6. The summed E-state index contributed by atoms with van der Waals surface area (Å²) in [7, 11) is 0. The highest BCUT2D eigenvalue weighted by Gasteiger charge is 2.20. The molecule has 4 rings (SSSR count). The summed E-state index contributed by atoms with van der Waals surface area (Å²) in [6.07, 6.45) is 2.46. The number of carbonyl (C=O) groups is 1. The molecule has 0 radical (unpaired) electrons. The second-order valence-electron chi connectivity index (χ2n) is 6.30. The lowest BCUT2D eigenvalue weighted by molar-refractivity contribution is 0.0972. The lowest BCUT2D eigenvalue weighted by Crippen LogP contribution is -2.10. The van der Waals surface area contributed by atoms with Crippen LogP contribution in [-0.4, -0.2) is 20.9 Å². The van der Waals surface area contributed by atoms with Crippen LogP contribution >= 0.6 is 11.3 Å². The fraction of sp³-hybridized carbons (Fsp3) is 0.333. The van der Waals surface area contributed by atoms with Gasteiger partial charge in [0, 0.05) is 28.8 Å². The van der Waals surface area contributed by atoms with Crippen LogP contribution in [0.5, 0.6) is 0 Å². The highest BCUT2D eigenvalue weighted by atomic mass is 32.1. The minimum absolute atomic E-state index is 0.220. The summed E-state index contributed by atoms with van der Waals surface area (Å²) in [4.78, 5) is 21.0. The molecule has 1 aromatic carbocycles. The minimum atomic E-state index is 0.220. The van der Waals surface area contributed by atoms with Crippen LogP contribution in [0.3, 0.4) is 0 Å². The normalized spacial score (nSPS) is 14.2. The van der Waals surface area contributed by atoms with E-state index in [4.69, 9.17) is 4.52 Å². The van der Waals surface area contributed by atoms with Gasteiger partial charge in [-0.15, -0.1) is 11.3 Å². The Balaban J connectivity index is 1.66. The number of fused-ring (bicyclic) bond motifs is 1. The molecule has 0 spiro atoms. The Kier molecular flexibility index (Phi) is 3.76. The molecule has 3 aromatic rings. The first-order valence-electron chi connectivity index (χ1n) is 8.08. The fourth-order valence-electron chi connectivity index (χ4n) is 2.88. The topological polar surface area (TPSA) is 68.9 Å². The summed E-state index contributed by atoms with van der Waals surface area (Å²) in [6.45, 7) is 4.22. The van der Waals surface area contributed by atoms with Gasteiger partial charge in [-0.05, 0) is 30.5 Å². The SMILES string of the molecule is CC(C)c1nc(-c2noc(-c3ccc4c(c3)CCCC4=O)n2)cs1. The maximum atomic E-state index is 11.9. The molecule has 24 heavy (non-hydrogen) atoms. The highest BCUT2D eigenvalue weighted by molar-refractivity contribution is 7.10. The van der Waals surface area contributed by atoms with E-state index < -0.39 is 0 Å². The van der Waals surface area contributed by atoms with Gasteiger partial charge in [0.2, 0.25) is 5.82 Å². The Hall–Kier alpha value is -2.34. The van der Waals surface area contributed by atoms with Crippen molar-refractivity contribution in [3.05, 3.63) is 39.7 Å². The number of nitrogens with zero attached hydrogens (tertiary/aromatic N) is 3. The summed E-state index contributed by atoms with van der Waals surface area (Å²) >= 11 is 1.61. The van der Waals surface area contributed by atoms with E-state index in [-0.39, 0.29) is 5.78 Å². The summed E-state index contributed by atoms with van der Waals surface area (Å²) in [5.74, 6) is 1.57. The van der Waals surface area contributed by atoms with Crippen LogP contribution in [-0.2, 0) is 6.42 Å². The van der Waals surface area contributed by atoms with Crippen LogP contribution < -0.4 is 0 Å². The molecule has 0 amide bonds. The third kappa shape index (κ3) is 2.67. The van der Waals surface area contributed by atoms with Crippen molar-refractivity contribution in [2.45, 2.75) is 39.0 Å². The molecule has 0 bridgehead atoms. The number of ketones is 1. The number of Topliss-reactive ketones (excluding diaryl/α,β-unsaturated/α-hetero) is 1. The van der Waals surface area contributed by atoms with Gasteiger partial charge >= 0.3 is 0 Å². The molecule has 5 nitrogen and oxygen atoms in total. The van der Waals surface area contributed by atoms with Gasteiger partial charge in [0.25, 0.3) is 5.89 Å². The summed E-state index contributed by atoms with van der Waals surface area (Å²) in [5, 5.41) is 7.07. The van der Waals surface area contributed by atoms with Crippen molar-refractivity contribution in [3.8, 4) is 23.0 Å². The van der Waals surface area contributed by atoms with E-state index in [0.717, 1.165) is 40.2 Å². The van der Waals surface area contributed by atoms with Gasteiger partial charge in [0.05, 0.1) is 5.01 Å². The molecule has 2 heterocycles. The van der Waals surface area contributed by atoms with Gasteiger partial charge in [-0.2, -0.15) is 4.98 Å². The zero-order chi connectivity index (χ0) is 16.7. The van der Waals surface area contributed by atoms with Crippen molar-refractivity contribution in [2.24, 2.45) is 0 Å². The Morgan fingerprint density at radius 3 is 2.88 bits per heavy atom. The van der Waals surface area contributed by atoms with E-state index in [0.29, 0.717) is 24.1 Å². The molecule has 0 fully saturated rings. The fourth-order valence-corrected chi connectivity index (χ4v) is 3.69. The number of rotatable bonds is 3. The Bertz CT molecular complexity index is 911. The third-order valence-corrected chi connectivity index (χ3v) is 5.32. The van der Waals surface area contributed by atoms with E-state index in [9.17, 15) is 4.79 Å². The van der Waals surface area contributed by atoms with Crippen LogP contribution in [0.1, 0.15) is 53.5 Å². The molecule has 1 aliphatic rings. The molecular weight excluding hydrogens is 322 g/mol. The van der Waals surface area contributed by atoms with Gasteiger partial charge in [-0.1, -0.05) is 25.1 Å². The number of benzene rings is 1. The van der Waals surface area contributed by atoms with Crippen molar-refractivity contribution < 1.29 is 9.32 Å². The summed E-state index contributed by atoms with van der Waals surface area (Å²) < 4.78 is 5.41. The van der Waals surface area contributed by atoms with Crippen LogP contribution in [0.15, 0.2) is 28.1 Å². The average molecular weight is 339 g/mol. The van der Waals surface area contributed by atoms with Gasteiger partial charge in [0.15, 0.2) is 5.78 Å². The molecule has 0 atom stereocenters. The predicted octanol–water partition coefficient (Wildman–Crippen LogP) is 4.50. The zero-order valence-corrected chi connectivity index (χ0v) is 14.4. The standard InChI is InChI=1S/C18H17N3O2S/c1-10(2)18-19-14(9-24-18)16-20-17(23-21-16)12-6-7-13-11(8-12)4-3-5-15(13)22/h6-10H,3-5H2,1-2H3. The van der Waals surface area contributed by atoms with Crippen molar-refractivity contribution in [1.82, 2.24) is 15.1 Å². The maximum Gasteiger partial charge on any atom is 0.258 e. The minimum Gasteiger partial charge on any atom is -0.334 e. The molecule has 0 saturated carbocycles. The molecule has 0 aliphatic heterocycles. The number of aromatic nitrogens is 3. The lowest BCUT2D eigenvalue weighted by atomic mass is 9.89. The van der Waals surface area contributed by atoms with E-state index >= 15 is 0 Å². The largest absolute Gasteiger partial charge is 0.334 e. The number of thiazole rings is 1. The van der Waals surface area contributed by atoms with Gasteiger partial charge < -0.3 is 4.52 Å². The van der Waals surface area contributed by atoms with Gasteiger partial charge in [-0.3, -0.25) is 4.79 Å². The Labute approximate surface area is 143 Å². The van der Waals surface area contributed by atoms with Crippen LogP contribution in [0.25, 0.3) is 23.0 Å². The molecular formula is C18H17N3O2S. The molecule has 0 unspecified atom stereocenters. The van der Waals surface area contributed by atoms with Crippen LogP contribution in [0, 0.1) is 0 Å². The second-order valence-corrected chi connectivity index (χ2v) is 7.19. The molecule has 2 aromatic heterocycles. The lowest BCUT2D eigenvalue weighted by Gasteiger charge is -2.14. The second kappa shape index (κ2) is 5.94. The van der Waals surface area contributed by atoms with Gasteiger partial charge in [0.1, 0.15) is 5.69 Å². The van der Waals surface area contributed by atoms with Crippen molar-refractivity contribution in [2.75, 3.05) is 0 Å². The number of hydrogen-bond donors (Lipinski definition) is 0. The van der Waals surface area contributed by atoms with Crippen molar-refractivity contribution in [3.63, 3.8) is 0 Å². The molecule has 6 heteroatoms. The zero-order valence-electron chi connectivity index (χ0n) is 13.6. The third-order valence-electron chi connectivity index (χ3n) is 4.17. The first kappa shape index (κ1) is 15.2. The van der Waals surface area contributed by atoms with Crippen molar-refractivity contribution in [1.29, 1.82) is 0 Å². The average Bonchev–Trinajstić information content (AvgIpc) is 3.24. The highest BCUT2D eigenvalue weighted by Crippen LogP contribution is 2.29. The predicted molar refractivity (Wildman–Crippen MR) is 92.2 cm³/mol. The van der Waals surface area contributed by atoms with Crippen LogP contribution in [0.4, 0.5) is 0 Å². The number of carbonyl (C=O) groups excluding carboxylic acids is 1. The Morgan fingerprint density at radius 1 is 1.21 bits per heavy atom. The molecule has 1 aliphatic carbocycles. The first-order chi connectivity index (χ1) is 11.6. The summed E-state index contributed by atoms with van der Waals surface area (Å²) in [5.41, 5.74) is 3.48. The maximum absolute atomic E-state index is 11.9. The van der Waals surface area contributed by atoms with Crippen molar-refractivity contribution >= 4 is 17.1 Å². The molecule has 0 N–H and O–H groups in total. The molecule has 122 valence electrons. The number of aryl methyl sites for hydroxylation is 1. The van der Waals surface area contributed by atoms with Gasteiger partial charge in [-0.25, -0.2) is 4.98 Å².